The van der Waals surface area contributed by atoms with Gasteiger partial charge in [-0.1, -0.05) is 109 Å². The van der Waals surface area contributed by atoms with E-state index in [1.54, 1.807) is 36.4 Å². The molecule has 0 unspecified atom stereocenters. The second kappa shape index (κ2) is 11.5. The van der Waals surface area contributed by atoms with Gasteiger partial charge in [0.05, 0.1) is 11.9 Å². The molecule has 0 saturated carbocycles. The normalized spacial score (nSPS) is 9.55. The van der Waals surface area contributed by atoms with Gasteiger partial charge in [0.2, 0.25) is 0 Å². The van der Waals surface area contributed by atoms with Crippen LogP contribution in [-0.4, -0.2) is 11.9 Å². The summed E-state index contributed by atoms with van der Waals surface area (Å²) in [6, 6.07) is 32.5. The molecule has 0 bridgehead atoms. The zero-order chi connectivity index (χ0) is 21.3. The van der Waals surface area contributed by atoms with E-state index in [1.807, 2.05) is 72.8 Å². The van der Waals surface area contributed by atoms with Gasteiger partial charge in [-0.3, -0.25) is 0 Å². The SMILES string of the molecule is O=C([O-])c1ccccc1-c1ccccc1.O=C([O-])c1ccccc1-c1ccccc1.[Cu+2]. The topological polar surface area (TPSA) is 80.3 Å². The van der Waals surface area contributed by atoms with Crippen molar-refractivity contribution in [2.24, 2.45) is 0 Å². The Bertz CT molecular complexity index is 1050. The molecule has 157 valence electrons. The van der Waals surface area contributed by atoms with Crippen LogP contribution in [0.25, 0.3) is 22.3 Å². The Kier molecular flexibility index (Phi) is 8.77. The fourth-order valence-corrected chi connectivity index (χ4v) is 3.06. The van der Waals surface area contributed by atoms with Crippen molar-refractivity contribution in [3.63, 3.8) is 0 Å². The molecule has 0 fully saturated rings. The van der Waals surface area contributed by atoms with E-state index in [2.05, 4.69) is 0 Å². The zero-order valence-corrected chi connectivity index (χ0v) is 17.3. The molecule has 1 radical (unpaired) electrons. The smallest absolute Gasteiger partial charge is 0.545 e. The maximum absolute atomic E-state index is 10.9. The first-order valence-electron chi connectivity index (χ1n) is 9.29. The third kappa shape index (κ3) is 6.16. The van der Waals surface area contributed by atoms with E-state index >= 15 is 0 Å². The second-order valence-electron chi connectivity index (χ2n) is 6.40. The Balaban J connectivity index is 0.000000213. The first-order chi connectivity index (χ1) is 14.6. The minimum atomic E-state index is -1.14. The average molecular weight is 458 g/mol. The molecule has 0 heterocycles. The number of carboxylic acids is 2. The van der Waals surface area contributed by atoms with E-state index in [-0.39, 0.29) is 28.2 Å². The largest absolute Gasteiger partial charge is 2.00 e. The van der Waals surface area contributed by atoms with Crippen LogP contribution in [0.5, 0.6) is 0 Å². The second-order valence-corrected chi connectivity index (χ2v) is 6.40. The van der Waals surface area contributed by atoms with Gasteiger partial charge in [0, 0.05) is 11.1 Å². The summed E-state index contributed by atoms with van der Waals surface area (Å²) in [5.41, 5.74) is 3.61. The Hall–Kier alpha value is -3.66. The monoisotopic (exact) mass is 457 g/mol. The van der Waals surface area contributed by atoms with Crippen molar-refractivity contribution in [3.05, 3.63) is 120 Å². The third-order valence-corrected chi connectivity index (χ3v) is 4.46. The molecule has 0 aliphatic carbocycles. The van der Waals surface area contributed by atoms with E-state index in [0.717, 1.165) is 11.1 Å². The molecule has 0 aliphatic rings. The summed E-state index contributed by atoms with van der Waals surface area (Å²) in [5, 5.41) is 21.8. The van der Waals surface area contributed by atoms with Gasteiger partial charge in [0.25, 0.3) is 0 Å². The van der Waals surface area contributed by atoms with E-state index < -0.39 is 11.9 Å². The van der Waals surface area contributed by atoms with Gasteiger partial charge in [-0.05, 0) is 22.3 Å². The summed E-state index contributed by atoms with van der Waals surface area (Å²) >= 11 is 0. The van der Waals surface area contributed by atoms with Gasteiger partial charge in [0.15, 0.2) is 0 Å². The van der Waals surface area contributed by atoms with E-state index in [4.69, 9.17) is 0 Å². The molecular weight excluding hydrogens is 440 g/mol. The van der Waals surface area contributed by atoms with E-state index in [1.165, 1.54) is 0 Å². The van der Waals surface area contributed by atoms with Crippen molar-refractivity contribution in [2.45, 2.75) is 0 Å². The number of rotatable bonds is 4. The van der Waals surface area contributed by atoms with Gasteiger partial charge in [-0.15, -0.1) is 0 Å². The minimum absolute atomic E-state index is 0. The van der Waals surface area contributed by atoms with E-state index in [9.17, 15) is 19.8 Å². The number of carbonyl (C=O) groups excluding carboxylic acids is 2. The molecule has 31 heavy (non-hydrogen) atoms. The molecule has 5 heteroatoms. The van der Waals surface area contributed by atoms with Crippen molar-refractivity contribution in [2.75, 3.05) is 0 Å². The van der Waals surface area contributed by atoms with Crippen LogP contribution in [0.3, 0.4) is 0 Å². The maximum atomic E-state index is 10.9. The fourth-order valence-electron chi connectivity index (χ4n) is 3.06. The number of carbonyl (C=O) groups is 2. The van der Waals surface area contributed by atoms with Crippen LogP contribution in [0.4, 0.5) is 0 Å². The van der Waals surface area contributed by atoms with Gasteiger partial charge in [0.1, 0.15) is 0 Å². The zero-order valence-electron chi connectivity index (χ0n) is 16.3. The summed E-state index contributed by atoms with van der Waals surface area (Å²) in [6.45, 7) is 0. The summed E-state index contributed by atoms with van der Waals surface area (Å²) in [5.74, 6) is -2.29. The molecule has 4 rings (SSSR count). The fraction of sp³-hybridized carbons (Fsp3) is 0. The van der Waals surface area contributed by atoms with Crippen LogP contribution in [0.2, 0.25) is 0 Å². The van der Waals surface area contributed by atoms with Crippen LogP contribution in [0.15, 0.2) is 109 Å². The molecule has 0 atom stereocenters. The molecule has 0 amide bonds. The molecule has 0 saturated heterocycles. The molecule has 4 nitrogen and oxygen atoms in total. The standard InChI is InChI=1S/2C13H10O2.Cu/c2*14-13(15)12-9-5-4-8-11(12)10-6-2-1-3-7-10;/h2*1-9H,(H,14,15);/q;;+2/p-2. The maximum Gasteiger partial charge on any atom is 2.00 e. The van der Waals surface area contributed by atoms with Crippen LogP contribution in [0, 0.1) is 0 Å². The first kappa shape index (κ1) is 23.6. The molecule has 0 N–H and O–H groups in total. The molecule has 4 aromatic rings. The average Bonchev–Trinajstić information content (AvgIpc) is 2.80. The number of hydrogen-bond donors (Lipinski definition) is 0. The molecule has 0 spiro atoms. The third-order valence-electron chi connectivity index (χ3n) is 4.46. The van der Waals surface area contributed by atoms with Crippen molar-refractivity contribution in [1.29, 1.82) is 0 Å². The van der Waals surface area contributed by atoms with Crippen LogP contribution >= 0.6 is 0 Å². The number of aromatic carboxylic acids is 2. The Morgan fingerprint density at radius 2 is 0.742 bits per heavy atom. The van der Waals surface area contributed by atoms with Crippen LogP contribution < -0.4 is 10.2 Å². The first-order valence-corrected chi connectivity index (χ1v) is 9.29. The molecule has 0 aliphatic heterocycles. The number of carboxylic acid groups (broad SMARTS) is 2. The quantitative estimate of drug-likeness (QED) is 0.440. The van der Waals surface area contributed by atoms with Crippen molar-refractivity contribution in [1.82, 2.24) is 0 Å². The number of benzene rings is 4. The number of hydrogen-bond acceptors (Lipinski definition) is 4. The Morgan fingerprint density at radius 3 is 1.06 bits per heavy atom. The van der Waals surface area contributed by atoms with Crippen LogP contribution in [-0.2, 0) is 17.1 Å². The molecule has 4 aromatic carbocycles. The predicted molar refractivity (Wildman–Crippen MR) is 112 cm³/mol. The summed E-state index contributed by atoms with van der Waals surface area (Å²) in [6.07, 6.45) is 0. The Labute approximate surface area is 191 Å². The van der Waals surface area contributed by atoms with Gasteiger partial charge < -0.3 is 19.8 Å². The van der Waals surface area contributed by atoms with Gasteiger partial charge >= 0.3 is 17.1 Å². The van der Waals surface area contributed by atoms with Crippen molar-refractivity contribution in [3.8, 4) is 22.3 Å². The summed E-state index contributed by atoms with van der Waals surface area (Å²) in [7, 11) is 0. The van der Waals surface area contributed by atoms with Crippen molar-refractivity contribution >= 4 is 11.9 Å². The van der Waals surface area contributed by atoms with Crippen molar-refractivity contribution < 1.29 is 36.9 Å². The summed E-state index contributed by atoms with van der Waals surface area (Å²) < 4.78 is 0. The molecular formula is C26H18CuO4. The van der Waals surface area contributed by atoms with Gasteiger partial charge in [-0.2, -0.15) is 0 Å². The summed E-state index contributed by atoms with van der Waals surface area (Å²) in [4.78, 5) is 21.8. The Morgan fingerprint density at radius 1 is 0.452 bits per heavy atom. The van der Waals surface area contributed by atoms with Crippen LogP contribution in [0.1, 0.15) is 20.7 Å². The van der Waals surface area contributed by atoms with Gasteiger partial charge in [-0.25, -0.2) is 0 Å². The minimum Gasteiger partial charge on any atom is -0.545 e. The van der Waals surface area contributed by atoms with E-state index in [0.29, 0.717) is 11.1 Å². The molecule has 0 aromatic heterocycles. The predicted octanol–water partition coefficient (Wildman–Crippen LogP) is 3.43.